The van der Waals surface area contributed by atoms with E-state index in [9.17, 15) is 4.79 Å². The number of carbonyl (C=O) groups excluding carboxylic acids is 1. The molecule has 0 spiro atoms. The number of aromatic amines is 1. The number of nitrogens with zero attached hydrogens (tertiary/aromatic N) is 2. The van der Waals surface area contributed by atoms with Crippen LogP contribution in [0.3, 0.4) is 0 Å². The Morgan fingerprint density at radius 2 is 2.57 bits per heavy atom. The molecule has 0 radical (unpaired) electrons. The average molecular weight is 216 g/mol. The maximum Gasteiger partial charge on any atom is 0.227 e. The topological polar surface area (TPSA) is 69.2 Å². The summed E-state index contributed by atoms with van der Waals surface area (Å²) in [6, 6.07) is 0. The van der Waals surface area contributed by atoms with Gasteiger partial charge in [0.1, 0.15) is 10.8 Å². The molecule has 0 aromatic carbocycles. The van der Waals surface area contributed by atoms with Crippen LogP contribution in [0.15, 0.2) is 6.20 Å². The fourth-order valence-electron chi connectivity index (χ4n) is 1.59. The minimum atomic E-state index is -0.0210. The first kappa shape index (κ1) is 9.48. The second-order valence-corrected chi connectivity index (χ2v) is 3.70. The summed E-state index contributed by atoms with van der Waals surface area (Å²) >= 11 is 5.80. The van der Waals surface area contributed by atoms with Crippen molar-refractivity contribution in [2.75, 3.05) is 18.1 Å². The highest BCUT2D eigenvalue weighted by molar-refractivity contribution is 6.32. The van der Waals surface area contributed by atoms with Crippen LogP contribution in [0.4, 0.5) is 5.69 Å². The zero-order valence-electron chi connectivity index (χ0n) is 7.40. The molecule has 1 amide bonds. The number of halogens is 1. The van der Waals surface area contributed by atoms with Crippen molar-refractivity contribution in [3.8, 4) is 0 Å². The smallest absolute Gasteiger partial charge is 0.227 e. The quantitative estimate of drug-likeness (QED) is 0.751. The number of carbonyl (C=O) groups is 1. The van der Waals surface area contributed by atoms with Gasteiger partial charge in [-0.15, -0.1) is 0 Å². The second-order valence-electron chi connectivity index (χ2n) is 3.33. The molecule has 6 heteroatoms. The lowest BCUT2D eigenvalue weighted by Crippen LogP contribution is -2.24. The van der Waals surface area contributed by atoms with Gasteiger partial charge in [0.25, 0.3) is 0 Å². The van der Waals surface area contributed by atoms with Gasteiger partial charge in [0.2, 0.25) is 5.91 Å². The van der Waals surface area contributed by atoms with E-state index in [0.717, 1.165) is 0 Å². The van der Waals surface area contributed by atoms with Crippen LogP contribution in [0.1, 0.15) is 6.42 Å². The van der Waals surface area contributed by atoms with Crippen molar-refractivity contribution in [2.24, 2.45) is 5.92 Å². The summed E-state index contributed by atoms with van der Waals surface area (Å²) in [6.07, 6.45) is 1.89. The molecule has 0 saturated carbocycles. The van der Waals surface area contributed by atoms with Crippen LogP contribution in [0.5, 0.6) is 0 Å². The lowest BCUT2D eigenvalue weighted by atomic mass is 10.1. The van der Waals surface area contributed by atoms with Gasteiger partial charge in [-0.1, -0.05) is 11.6 Å². The fraction of sp³-hybridized carbons (Fsp3) is 0.500. The monoisotopic (exact) mass is 215 g/mol. The van der Waals surface area contributed by atoms with Crippen LogP contribution in [-0.2, 0) is 4.79 Å². The average Bonchev–Trinajstić information content (AvgIpc) is 2.72. The van der Waals surface area contributed by atoms with Crippen molar-refractivity contribution in [2.45, 2.75) is 6.42 Å². The summed E-state index contributed by atoms with van der Waals surface area (Å²) in [5, 5.41) is 15.6. The van der Waals surface area contributed by atoms with Crippen LogP contribution in [0.25, 0.3) is 0 Å². The molecule has 1 aliphatic heterocycles. The molecule has 1 aromatic rings. The zero-order valence-corrected chi connectivity index (χ0v) is 8.16. The van der Waals surface area contributed by atoms with Gasteiger partial charge in [-0.25, -0.2) is 0 Å². The first-order chi connectivity index (χ1) is 6.72. The summed E-state index contributed by atoms with van der Waals surface area (Å²) < 4.78 is 0. The largest absolute Gasteiger partial charge is 0.396 e. The first-order valence-electron chi connectivity index (χ1n) is 4.32. The van der Waals surface area contributed by atoms with E-state index in [4.69, 9.17) is 16.7 Å². The van der Waals surface area contributed by atoms with Crippen molar-refractivity contribution in [3.05, 3.63) is 11.3 Å². The Labute approximate surface area is 85.7 Å². The van der Waals surface area contributed by atoms with E-state index in [1.54, 1.807) is 4.90 Å². The van der Waals surface area contributed by atoms with Gasteiger partial charge in [0.05, 0.1) is 6.20 Å². The van der Waals surface area contributed by atoms with Gasteiger partial charge in [0.15, 0.2) is 0 Å². The van der Waals surface area contributed by atoms with Gasteiger partial charge < -0.3 is 10.0 Å². The van der Waals surface area contributed by atoms with Gasteiger partial charge in [-0.05, 0) is 0 Å². The van der Waals surface area contributed by atoms with Gasteiger partial charge in [0, 0.05) is 25.5 Å². The van der Waals surface area contributed by atoms with Crippen LogP contribution < -0.4 is 4.90 Å². The molecule has 2 N–H and O–H groups in total. The predicted octanol–water partition coefficient (Wildman–Crippen LogP) is 0.408. The number of amides is 1. The van der Waals surface area contributed by atoms with Crippen LogP contribution in [0, 0.1) is 5.92 Å². The number of H-pyrrole nitrogens is 1. The Morgan fingerprint density at radius 1 is 1.79 bits per heavy atom. The summed E-state index contributed by atoms with van der Waals surface area (Å²) in [4.78, 5) is 13.1. The molecule has 5 nitrogen and oxygen atoms in total. The Morgan fingerprint density at radius 3 is 3.07 bits per heavy atom. The molecule has 14 heavy (non-hydrogen) atoms. The molecule has 1 aliphatic rings. The van der Waals surface area contributed by atoms with Crippen molar-refractivity contribution < 1.29 is 9.90 Å². The van der Waals surface area contributed by atoms with Crippen LogP contribution in [0.2, 0.25) is 5.15 Å². The number of aliphatic hydroxyl groups excluding tert-OH is 1. The van der Waals surface area contributed by atoms with Crippen molar-refractivity contribution >= 4 is 23.2 Å². The SMILES string of the molecule is O=C1CC(CO)CN1c1cn[nH]c1Cl. The number of anilines is 1. The summed E-state index contributed by atoms with van der Waals surface area (Å²) in [5.41, 5.74) is 0.590. The molecule has 0 bridgehead atoms. The number of aromatic nitrogens is 2. The Hall–Kier alpha value is -1.07. The highest BCUT2D eigenvalue weighted by Crippen LogP contribution is 2.28. The molecule has 1 saturated heterocycles. The number of hydrogen-bond acceptors (Lipinski definition) is 3. The third-order valence-electron chi connectivity index (χ3n) is 2.33. The highest BCUT2D eigenvalue weighted by Gasteiger charge is 2.31. The minimum absolute atomic E-state index is 0.00784. The molecular weight excluding hydrogens is 206 g/mol. The third kappa shape index (κ3) is 1.49. The minimum Gasteiger partial charge on any atom is -0.396 e. The molecule has 76 valence electrons. The number of hydrogen-bond donors (Lipinski definition) is 2. The Bertz CT molecular complexity index is 352. The van der Waals surface area contributed by atoms with E-state index in [-0.39, 0.29) is 18.4 Å². The van der Waals surface area contributed by atoms with Crippen LogP contribution >= 0.6 is 11.6 Å². The Kier molecular flexibility index (Phi) is 2.43. The Balaban J connectivity index is 2.20. The summed E-state index contributed by atoms with van der Waals surface area (Å²) in [5.74, 6) is -0.0131. The number of rotatable bonds is 2. The lowest BCUT2D eigenvalue weighted by Gasteiger charge is -2.13. The van der Waals surface area contributed by atoms with E-state index >= 15 is 0 Å². The van der Waals surface area contributed by atoms with Crippen LogP contribution in [-0.4, -0.2) is 34.4 Å². The molecule has 0 aliphatic carbocycles. The van der Waals surface area contributed by atoms with Gasteiger partial charge >= 0.3 is 0 Å². The molecule has 1 aromatic heterocycles. The van der Waals surface area contributed by atoms with E-state index in [1.807, 2.05) is 0 Å². The zero-order chi connectivity index (χ0) is 10.1. The summed E-state index contributed by atoms with van der Waals surface area (Å²) in [6.45, 7) is 0.534. The molecule has 2 rings (SSSR count). The molecule has 1 fully saturated rings. The van der Waals surface area contributed by atoms with Crippen molar-refractivity contribution in [1.82, 2.24) is 10.2 Å². The lowest BCUT2D eigenvalue weighted by molar-refractivity contribution is -0.117. The van der Waals surface area contributed by atoms with Gasteiger partial charge in [-0.3, -0.25) is 9.89 Å². The maximum atomic E-state index is 11.5. The van der Waals surface area contributed by atoms with Gasteiger partial charge in [-0.2, -0.15) is 5.10 Å². The standard InChI is InChI=1S/C8H10ClN3O2/c9-8-6(2-10-11-8)12-3-5(4-13)1-7(12)14/h2,5,13H,1,3-4H2,(H,10,11). The summed E-state index contributed by atoms with van der Waals surface area (Å²) in [7, 11) is 0. The highest BCUT2D eigenvalue weighted by atomic mass is 35.5. The molecule has 2 heterocycles. The van der Waals surface area contributed by atoms with E-state index < -0.39 is 0 Å². The third-order valence-corrected chi connectivity index (χ3v) is 2.61. The van der Waals surface area contributed by atoms with Crippen molar-refractivity contribution in [1.29, 1.82) is 0 Å². The van der Waals surface area contributed by atoms with E-state index in [0.29, 0.717) is 23.8 Å². The number of nitrogens with one attached hydrogen (secondary N) is 1. The normalized spacial score (nSPS) is 22.0. The molecule has 1 atom stereocenters. The first-order valence-corrected chi connectivity index (χ1v) is 4.70. The predicted molar refractivity (Wildman–Crippen MR) is 51.1 cm³/mol. The number of aliphatic hydroxyl groups is 1. The molecule has 1 unspecified atom stereocenters. The molecular formula is C8H10ClN3O2. The van der Waals surface area contributed by atoms with E-state index in [1.165, 1.54) is 6.20 Å². The van der Waals surface area contributed by atoms with E-state index in [2.05, 4.69) is 10.2 Å². The van der Waals surface area contributed by atoms with Crippen molar-refractivity contribution in [3.63, 3.8) is 0 Å². The fourth-order valence-corrected chi connectivity index (χ4v) is 1.79. The second kappa shape index (κ2) is 3.59. The maximum absolute atomic E-state index is 11.5.